The molecule has 3 rings (SSSR count). The third-order valence-electron chi connectivity index (χ3n) is 4.79. The largest absolute Gasteiger partial charge is 0.350 e. The summed E-state index contributed by atoms with van der Waals surface area (Å²) in [6, 6.07) is 19.4. The summed E-state index contributed by atoms with van der Waals surface area (Å²) in [5.74, 6) is -0.345. The molecule has 1 heterocycles. The third-order valence-corrected chi connectivity index (χ3v) is 4.79. The van der Waals surface area contributed by atoms with Crippen LogP contribution in [-0.2, 0) is 11.3 Å². The second-order valence-electron chi connectivity index (χ2n) is 7.21. The maximum atomic E-state index is 13.0. The minimum absolute atomic E-state index is 0.0973. The van der Waals surface area contributed by atoms with Gasteiger partial charge in [-0.25, -0.2) is 4.98 Å². The highest BCUT2D eigenvalue weighted by Gasteiger charge is 2.19. The van der Waals surface area contributed by atoms with Gasteiger partial charge in [0.2, 0.25) is 5.91 Å². The van der Waals surface area contributed by atoms with E-state index in [9.17, 15) is 9.59 Å². The van der Waals surface area contributed by atoms with Gasteiger partial charge in [0.25, 0.3) is 5.91 Å². The first-order chi connectivity index (χ1) is 14.5. The highest BCUT2D eigenvalue weighted by molar-refractivity contribution is 5.92. The summed E-state index contributed by atoms with van der Waals surface area (Å²) in [6.45, 7) is 4.45. The van der Waals surface area contributed by atoms with Gasteiger partial charge in [0.1, 0.15) is 5.69 Å². The number of nitrogens with zero attached hydrogens (tertiary/aromatic N) is 3. The molecular formula is C24H26N4O2. The summed E-state index contributed by atoms with van der Waals surface area (Å²) in [4.78, 5) is 35.5. The molecule has 30 heavy (non-hydrogen) atoms. The van der Waals surface area contributed by atoms with Gasteiger partial charge in [-0.2, -0.15) is 0 Å². The molecular weight excluding hydrogens is 376 g/mol. The molecule has 0 bridgehead atoms. The van der Waals surface area contributed by atoms with Gasteiger partial charge in [-0.05, 0) is 25.0 Å². The number of carbonyl (C=O) groups excluding carboxylic acids is 2. The van der Waals surface area contributed by atoms with E-state index in [-0.39, 0.29) is 36.5 Å². The Hall–Kier alpha value is -3.54. The van der Waals surface area contributed by atoms with E-state index in [0.29, 0.717) is 6.54 Å². The van der Waals surface area contributed by atoms with Crippen molar-refractivity contribution >= 4 is 11.8 Å². The zero-order valence-corrected chi connectivity index (χ0v) is 17.3. The van der Waals surface area contributed by atoms with Crippen molar-refractivity contribution < 1.29 is 9.59 Å². The van der Waals surface area contributed by atoms with Crippen LogP contribution >= 0.6 is 0 Å². The van der Waals surface area contributed by atoms with Crippen molar-refractivity contribution in [1.82, 2.24) is 20.2 Å². The van der Waals surface area contributed by atoms with Gasteiger partial charge in [-0.1, -0.05) is 60.7 Å². The second kappa shape index (κ2) is 10.3. The highest BCUT2D eigenvalue weighted by atomic mass is 16.2. The minimum atomic E-state index is -0.240. The zero-order valence-electron chi connectivity index (χ0n) is 17.3. The van der Waals surface area contributed by atoms with Crippen molar-refractivity contribution in [3.05, 3.63) is 95.6 Å². The van der Waals surface area contributed by atoms with Gasteiger partial charge in [-0.3, -0.25) is 14.6 Å². The first-order valence-electron chi connectivity index (χ1n) is 9.99. The SMILES string of the molecule is Cc1cnc(C(=O)N(CCC(=O)NC(C)c2ccccc2)Cc2ccccc2)cn1. The lowest BCUT2D eigenvalue weighted by Crippen LogP contribution is -2.36. The third kappa shape index (κ3) is 5.98. The number of nitrogens with one attached hydrogen (secondary N) is 1. The van der Waals surface area contributed by atoms with E-state index >= 15 is 0 Å². The van der Waals surface area contributed by atoms with Crippen molar-refractivity contribution in [3.8, 4) is 0 Å². The number of aromatic nitrogens is 2. The number of carbonyl (C=O) groups is 2. The van der Waals surface area contributed by atoms with Crippen molar-refractivity contribution in [2.24, 2.45) is 0 Å². The Labute approximate surface area is 177 Å². The molecule has 2 aromatic carbocycles. The fraction of sp³-hybridized carbons (Fsp3) is 0.250. The Kier molecular flexibility index (Phi) is 7.27. The second-order valence-corrected chi connectivity index (χ2v) is 7.21. The number of hydrogen-bond acceptors (Lipinski definition) is 4. The molecule has 1 atom stereocenters. The monoisotopic (exact) mass is 402 g/mol. The van der Waals surface area contributed by atoms with Crippen LogP contribution in [0.15, 0.2) is 73.1 Å². The molecule has 0 saturated heterocycles. The lowest BCUT2D eigenvalue weighted by molar-refractivity contribution is -0.121. The topological polar surface area (TPSA) is 75.2 Å². The predicted octanol–water partition coefficient (Wildman–Crippen LogP) is 3.69. The van der Waals surface area contributed by atoms with Gasteiger partial charge in [0.15, 0.2) is 0 Å². The van der Waals surface area contributed by atoms with Crippen LogP contribution in [0.3, 0.4) is 0 Å². The molecule has 3 aromatic rings. The average molecular weight is 402 g/mol. The van der Waals surface area contributed by atoms with Gasteiger partial charge in [-0.15, -0.1) is 0 Å². The summed E-state index contributed by atoms with van der Waals surface area (Å²) >= 11 is 0. The maximum Gasteiger partial charge on any atom is 0.274 e. The molecule has 2 amide bonds. The van der Waals surface area contributed by atoms with E-state index in [1.807, 2.05) is 74.5 Å². The molecule has 0 fully saturated rings. The predicted molar refractivity (Wildman–Crippen MR) is 116 cm³/mol. The summed E-state index contributed by atoms with van der Waals surface area (Å²) in [7, 11) is 0. The molecule has 1 N–H and O–H groups in total. The van der Waals surface area contributed by atoms with E-state index in [0.717, 1.165) is 16.8 Å². The Balaban J connectivity index is 1.66. The Morgan fingerprint density at radius 2 is 1.63 bits per heavy atom. The van der Waals surface area contributed by atoms with Gasteiger partial charge >= 0.3 is 0 Å². The lowest BCUT2D eigenvalue weighted by Gasteiger charge is -2.23. The number of amides is 2. The van der Waals surface area contributed by atoms with Crippen molar-refractivity contribution in [3.63, 3.8) is 0 Å². The van der Waals surface area contributed by atoms with E-state index < -0.39 is 0 Å². The van der Waals surface area contributed by atoms with Crippen molar-refractivity contribution in [2.75, 3.05) is 6.54 Å². The van der Waals surface area contributed by atoms with Crippen LogP contribution < -0.4 is 5.32 Å². The molecule has 0 aliphatic heterocycles. The molecule has 1 aromatic heterocycles. The van der Waals surface area contributed by atoms with E-state index in [1.165, 1.54) is 6.20 Å². The minimum Gasteiger partial charge on any atom is -0.350 e. The van der Waals surface area contributed by atoms with Gasteiger partial charge in [0, 0.05) is 25.7 Å². The standard InChI is InChI=1S/C24H26N4O2/c1-18-15-26-22(16-25-18)24(30)28(17-20-9-5-3-6-10-20)14-13-23(29)27-19(2)21-11-7-4-8-12-21/h3-12,15-16,19H,13-14,17H2,1-2H3,(H,27,29). The molecule has 154 valence electrons. The highest BCUT2D eigenvalue weighted by Crippen LogP contribution is 2.13. The van der Waals surface area contributed by atoms with Crippen LogP contribution in [-0.4, -0.2) is 33.2 Å². The molecule has 0 radical (unpaired) electrons. The fourth-order valence-electron chi connectivity index (χ4n) is 3.10. The average Bonchev–Trinajstić information content (AvgIpc) is 2.78. The quantitative estimate of drug-likeness (QED) is 0.623. The van der Waals surface area contributed by atoms with Crippen LogP contribution in [0, 0.1) is 6.92 Å². The summed E-state index contributed by atoms with van der Waals surface area (Å²) < 4.78 is 0. The van der Waals surface area contributed by atoms with Gasteiger partial charge in [0.05, 0.1) is 17.9 Å². The Morgan fingerprint density at radius 3 is 2.27 bits per heavy atom. The Morgan fingerprint density at radius 1 is 0.967 bits per heavy atom. The summed E-state index contributed by atoms with van der Waals surface area (Å²) in [6.07, 6.45) is 3.25. The first-order valence-corrected chi connectivity index (χ1v) is 9.99. The van der Waals surface area contributed by atoms with E-state index in [4.69, 9.17) is 0 Å². The van der Waals surface area contributed by atoms with Crippen LogP contribution in [0.25, 0.3) is 0 Å². The zero-order chi connectivity index (χ0) is 21.3. The molecule has 0 aliphatic carbocycles. The first kappa shape index (κ1) is 21.2. The lowest BCUT2D eigenvalue weighted by atomic mass is 10.1. The Bertz CT molecular complexity index is 960. The van der Waals surface area contributed by atoms with E-state index in [2.05, 4.69) is 15.3 Å². The van der Waals surface area contributed by atoms with Crippen LogP contribution in [0.2, 0.25) is 0 Å². The number of hydrogen-bond donors (Lipinski definition) is 1. The van der Waals surface area contributed by atoms with Crippen molar-refractivity contribution in [1.29, 1.82) is 0 Å². The molecule has 6 heteroatoms. The normalized spacial score (nSPS) is 11.5. The van der Waals surface area contributed by atoms with Crippen molar-refractivity contribution in [2.45, 2.75) is 32.9 Å². The maximum absolute atomic E-state index is 13.0. The molecule has 0 saturated carbocycles. The molecule has 1 unspecified atom stereocenters. The molecule has 6 nitrogen and oxygen atoms in total. The van der Waals surface area contributed by atoms with Crippen LogP contribution in [0.5, 0.6) is 0 Å². The number of aryl methyl sites for hydroxylation is 1. The van der Waals surface area contributed by atoms with Crippen LogP contribution in [0.1, 0.15) is 46.7 Å². The number of benzene rings is 2. The van der Waals surface area contributed by atoms with E-state index in [1.54, 1.807) is 11.1 Å². The number of rotatable bonds is 8. The molecule has 0 spiro atoms. The van der Waals surface area contributed by atoms with Gasteiger partial charge < -0.3 is 10.2 Å². The van der Waals surface area contributed by atoms with Crippen LogP contribution in [0.4, 0.5) is 0 Å². The fourth-order valence-corrected chi connectivity index (χ4v) is 3.10. The molecule has 0 aliphatic rings. The smallest absolute Gasteiger partial charge is 0.274 e. The summed E-state index contributed by atoms with van der Waals surface area (Å²) in [5, 5.41) is 3.00. The summed E-state index contributed by atoms with van der Waals surface area (Å²) in [5.41, 5.74) is 3.05.